The zero-order valence-corrected chi connectivity index (χ0v) is 12.3. The summed E-state index contributed by atoms with van der Waals surface area (Å²) in [5.74, 6) is 1.75. The van der Waals surface area contributed by atoms with Gasteiger partial charge in [0.2, 0.25) is 0 Å². The summed E-state index contributed by atoms with van der Waals surface area (Å²) in [5, 5.41) is 4.56. The summed E-state index contributed by atoms with van der Waals surface area (Å²) in [6.07, 6.45) is 1.18. The van der Waals surface area contributed by atoms with Crippen LogP contribution in [0.15, 0.2) is 29.3 Å². The number of amidine groups is 1. The number of thioether (sulfide) groups is 1. The van der Waals surface area contributed by atoms with Crippen molar-refractivity contribution in [2.75, 3.05) is 5.75 Å². The summed E-state index contributed by atoms with van der Waals surface area (Å²) < 4.78 is 0. The predicted molar refractivity (Wildman–Crippen MR) is 81.3 cm³/mol. The summed E-state index contributed by atoms with van der Waals surface area (Å²) in [7, 11) is 0. The van der Waals surface area contributed by atoms with Gasteiger partial charge < -0.3 is 5.32 Å². The van der Waals surface area contributed by atoms with E-state index < -0.39 is 0 Å². The first-order valence-corrected chi connectivity index (χ1v) is 7.70. The van der Waals surface area contributed by atoms with Crippen LogP contribution in [0.25, 0.3) is 0 Å². The molecule has 1 N–H and O–H groups in total. The van der Waals surface area contributed by atoms with Crippen molar-refractivity contribution in [1.82, 2.24) is 5.32 Å². The molecule has 0 aliphatic carbocycles. The number of rotatable bonds is 4. The second kappa shape index (κ2) is 6.28. The van der Waals surface area contributed by atoms with Crippen molar-refractivity contribution in [1.29, 1.82) is 0 Å². The van der Waals surface area contributed by atoms with Gasteiger partial charge in [-0.05, 0) is 23.5 Å². The van der Waals surface area contributed by atoms with Gasteiger partial charge in [-0.15, -0.1) is 0 Å². The second-order valence-corrected chi connectivity index (χ2v) is 6.09. The summed E-state index contributed by atoms with van der Waals surface area (Å²) in [6.45, 7) is 7.44. The number of hydrogen-bond acceptors (Lipinski definition) is 2. The van der Waals surface area contributed by atoms with Crippen LogP contribution in [0.5, 0.6) is 0 Å². The number of nitrogens with zero attached hydrogens (tertiary/aromatic N) is 1. The summed E-state index contributed by atoms with van der Waals surface area (Å²) >= 11 is 1.84. The third kappa shape index (κ3) is 3.52. The van der Waals surface area contributed by atoms with Gasteiger partial charge in [0.1, 0.15) is 0 Å². The van der Waals surface area contributed by atoms with Gasteiger partial charge in [0.25, 0.3) is 0 Å². The van der Waals surface area contributed by atoms with Gasteiger partial charge >= 0.3 is 0 Å². The summed E-state index contributed by atoms with van der Waals surface area (Å²) in [5.41, 5.74) is 2.68. The summed E-state index contributed by atoms with van der Waals surface area (Å²) in [6, 6.07) is 9.42. The average molecular weight is 262 g/mol. The van der Waals surface area contributed by atoms with E-state index in [0.29, 0.717) is 12.0 Å². The Morgan fingerprint density at radius 1 is 1.33 bits per heavy atom. The van der Waals surface area contributed by atoms with Crippen molar-refractivity contribution in [2.24, 2.45) is 4.99 Å². The molecule has 1 unspecified atom stereocenters. The number of hydrogen-bond donors (Lipinski definition) is 1. The molecule has 2 rings (SSSR count). The van der Waals surface area contributed by atoms with Crippen LogP contribution in [0.3, 0.4) is 0 Å². The molecular formula is C15H22N2S. The molecule has 1 aliphatic rings. The van der Waals surface area contributed by atoms with E-state index >= 15 is 0 Å². The minimum absolute atomic E-state index is 0.600. The first-order chi connectivity index (χ1) is 8.69. The number of benzene rings is 1. The van der Waals surface area contributed by atoms with Gasteiger partial charge in [0.05, 0.1) is 6.54 Å². The molecule has 1 aromatic carbocycles. The molecule has 0 radical (unpaired) electrons. The highest BCUT2D eigenvalue weighted by atomic mass is 32.2. The third-order valence-corrected chi connectivity index (χ3v) is 4.38. The monoisotopic (exact) mass is 262 g/mol. The third-order valence-electron chi connectivity index (χ3n) is 3.29. The molecule has 0 bridgehead atoms. The number of nitrogens with one attached hydrogen (secondary N) is 1. The lowest BCUT2D eigenvalue weighted by Gasteiger charge is -2.06. The quantitative estimate of drug-likeness (QED) is 0.893. The van der Waals surface area contributed by atoms with E-state index in [1.807, 2.05) is 11.8 Å². The maximum atomic E-state index is 4.63. The van der Waals surface area contributed by atoms with E-state index in [-0.39, 0.29) is 0 Å². The van der Waals surface area contributed by atoms with Gasteiger partial charge in [-0.3, -0.25) is 4.99 Å². The Kier molecular flexibility index (Phi) is 4.70. The van der Waals surface area contributed by atoms with Crippen molar-refractivity contribution >= 4 is 16.9 Å². The molecule has 1 fully saturated rings. The van der Waals surface area contributed by atoms with Crippen LogP contribution < -0.4 is 5.32 Å². The van der Waals surface area contributed by atoms with Crippen molar-refractivity contribution in [3.63, 3.8) is 0 Å². The molecule has 1 saturated heterocycles. The highest BCUT2D eigenvalue weighted by molar-refractivity contribution is 8.14. The van der Waals surface area contributed by atoms with Gasteiger partial charge in [0.15, 0.2) is 5.17 Å². The van der Waals surface area contributed by atoms with Crippen molar-refractivity contribution in [3.05, 3.63) is 35.4 Å². The van der Waals surface area contributed by atoms with Gasteiger partial charge in [-0.1, -0.05) is 56.8 Å². The minimum atomic E-state index is 0.600. The lowest BCUT2D eigenvalue weighted by atomic mass is 10.0. The molecular weight excluding hydrogens is 240 g/mol. The van der Waals surface area contributed by atoms with Crippen LogP contribution in [-0.4, -0.2) is 17.0 Å². The molecule has 1 heterocycles. The Labute approximate surface area is 114 Å². The standard InChI is InChI=1S/C15H22N2S/c1-4-14-10-18-15(17-14)16-9-12-5-7-13(8-6-12)11(2)3/h5-8,11,14H,4,9-10H2,1-3H3,(H,16,17). The Morgan fingerprint density at radius 2 is 2.06 bits per heavy atom. The SMILES string of the molecule is CCC1CSC(=NCc2ccc(C(C)C)cc2)N1. The Hall–Kier alpha value is -0.960. The lowest BCUT2D eigenvalue weighted by molar-refractivity contribution is 0.667. The van der Waals surface area contributed by atoms with E-state index in [2.05, 4.69) is 55.3 Å². The van der Waals surface area contributed by atoms with Crippen LogP contribution in [-0.2, 0) is 6.54 Å². The largest absolute Gasteiger partial charge is 0.361 e. The van der Waals surface area contributed by atoms with Crippen molar-refractivity contribution in [3.8, 4) is 0 Å². The maximum Gasteiger partial charge on any atom is 0.157 e. The molecule has 0 aromatic heterocycles. The fourth-order valence-electron chi connectivity index (χ4n) is 1.92. The fraction of sp³-hybridized carbons (Fsp3) is 0.533. The molecule has 3 heteroatoms. The molecule has 1 aromatic rings. The normalized spacial score (nSPS) is 21.6. The molecule has 1 atom stereocenters. The molecule has 18 heavy (non-hydrogen) atoms. The minimum Gasteiger partial charge on any atom is -0.361 e. The van der Waals surface area contributed by atoms with E-state index in [0.717, 1.165) is 17.5 Å². The van der Waals surface area contributed by atoms with Crippen LogP contribution in [0.4, 0.5) is 0 Å². The molecule has 0 spiro atoms. The molecule has 0 amide bonds. The second-order valence-electron chi connectivity index (χ2n) is 5.08. The fourth-order valence-corrected chi connectivity index (χ4v) is 3.00. The molecule has 1 aliphatic heterocycles. The van der Waals surface area contributed by atoms with Crippen LogP contribution in [0, 0.1) is 0 Å². The maximum absolute atomic E-state index is 4.63. The molecule has 2 nitrogen and oxygen atoms in total. The van der Waals surface area contributed by atoms with E-state index in [9.17, 15) is 0 Å². The van der Waals surface area contributed by atoms with E-state index in [1.54, 1.807) is 0 Å². The van der Waals surface area contributed by atoms with Crippen molar-refractivity contribution < 1.29 is 0 Å². The Morgan fingerprint density at radius 3 is 2.61 bits per heavy atom. The number of aliphatic imine (C=N–C) groups is 1. The first-order valence-electron chi connectivity index (χ1n) is 6.71. The van der Waals surface area contributed by atoms with Gasteiger partial charge in [-0.25, -0.2) is 0 Å². The Bertz CT molecular complexity index is 409. The van der Waals surface area contributed by atoms with Crippen LogP contribution >= 0.6 is 11.8 Å². The topological polar surface area (TPSA) is 24.4 Å². The van der Waals surface area contributed by atoms with Crippen LogP contribution in [0.1, 0.15) is 44.2 Å². The van der Waals surface area contributed by atoms with E-state index in [1.165, 1.54) is 17.5 Å². The predicted octanol–water partition coefficient (Wildman–Crippen LogP) is 3.78. The lowest BCUT2D eigenvalue weighted by Crippen LogP contribution is -2.25. The first kappa shape index (κ1) is 13.5. The van der Waals surface area contributed by atoms with Crippen LogP contribution in [0.2, 0.25) is 0 Å². The molecule has 98 valence electrons. The highest BCUT2D eigenvalue weighted by Crippen LogP contribution is 2.18. The Balaban J connectivity index is 1.92. The zero-order valence-electron chi connectivity index (χ0n) is 11.4. The van der Waals surface area contributed by atoms with E-state index in [4.69, 9.17) is 0 Å². The summed E-state index contributed by atoms with van der Waals surface area (Å²) in [4.78, 5) is 4.63. The average Bonchev–Trinajstić information content (AvgIpc) is 2.85. The highest BCUT2D eigenvalue weighted by Gasteiger charge is 2.17. The zero-order chi connectivity index (χ0) is 13.0. The van der Waals surface area contributed by atoms with Gasteiger partial charge in [0, 0.05) is 11.8 Å². The van der Waals surface area contributed by atoms with Crippen molar-refractivity contribution in [2.45, 2.75) is 45.7 Å². The van der Waals surface area contributed by atoms with Gasteiger partial charge in [-0.2, -0.15) is 0 Å². The molecule has 0 saturated carbocycles. The smallest absolute Gasteiger partial charge is 0.157 e.